The highest BCUT2D eigenvalue weighted by Crippen LogP contribution is 2.34. The van der Waals surface area contributed by atoms with Crippen LogP contribution in [0.3, 0.4) is 0 Å². The van der Waals surface area contributed by atoms with Crippen LogP contribution in [-0.4, -0.2) is 52.2 Å². The third-order valence-corrected chi connectivity index (χ3v) is 5.49. The first-order valence-corrected chi connectivity index (χ1v) is 12.0. The molecule has 0 atom stereocenters. The number of anilines is 4. The number of benzene rings is 2. The Hall–Kier alpha value is -4.54. The van der Waals surface area contributed by atoms with Crippen LogP contribution in [0, 0.1) is 0 Å². The zero-order valence-corrected chi connectivity index (χ0v) is 21.5. The van der Waals surface area contributed by atoms with Gasteiger partial charge in [0, 0.05) is 45.0 Å². The predicted octanol–water partition coefficient (Wildman–Crippen LogP) is 5.02. The summed E-state index contributed by atoms with van der Waals surface area (Å²) in [4.78, 5) is 37.8. The molecule has 0 unspecified atom stereocenters. The number of hydrogen-bond acceptors (Lipinski definition) is 8. The lowest BCUT2D eigenvalue weighted by Gasteiger charge is -2.15. The van der Waals surface area contributed by atoms with Crippen LogP contribution in [0.15, 0.2) is 73.2 Å². The molecule has 2 amide bonds. The fraction of sp³-hybridized carbons (Fsp3) is 0.179. The Bertz CT molecular complexity index is 1710. The van der Waals surface area contributed by atoms with E-state index in [-0.39, 0.29) is 18.0 Å². The Labute approximate surface area is 239 Å². The number of carbonyl (C=O) groups excluding carboxylic acids is 2. The summed E-state index contributed by atoms with van der Waals surface area (Å²) < 4.78 is 50.5. The first-order valence-electron chi connectivity index (χ1n) is 14.6. The van der Waals surface area contributed by atoms with Gasteiger partial charge in [-0.15, -0.1) is 0 Å². The molecule has 0 saturated heterocycles. The normalized spacial score (nSPS) is 14.0. The van der Waals surface area contributed by atoms with Crippen LogP contribution in [0.1, 0.15) is 20.8 Å². The quantitative estimate of drug-likeness (QED) is 0.235. The van der Waals surface area contributed by atoms with E-state index in [0.29, 0.717) is 38.1 Å². The van der Waals surface area contributed by atoms with E-state index in [4.69, 9.17) is 24.6 Å². The largest absolute Gasteiger partial charge is 0.486 e. The summed E-state index contributed by atoms with van der Waals surface area (Å²) in [6.45, 7) is -4.79. The molecule has 11 heteroatoms. The van der Waals surface area contributed by atoms with Crippen LogP contribution in [0.4, 0.5) is 22.9 Å². The highest BCUT2D eigenvalue weighted by atomic mass is 35.5. The van der Waals surface area contributed by atoms with Crippen molar-refractivity contribution in [3.8, 4) is 5.75 Å². The van der Waals surface area contributed by atoms with Gasteiger partial charge in [-0.05, 0) is 56.4 Å². The molecule has 0 radical (unpaired) electrons. The molecule has 0 aliphatic heterocycles. The van der Waals surface area contributed by atoms with Crippen molar-refractivity contribution >= 4 is 57.2 Å². The fourth-order valence-electron chi connectivity index (χ4n) is 3.51. The molecule has 2 heterocycles. The summed E-state index contributed by atoms with van der Waals surface area (Å²) in [6, 6.07) is 13.7. The minimum absolute atomic E-state index is 0.185. The smallest absolute Gasteiger partial charge is 0.248 e. The SMILES string of the molecule is [2H]C([2H])([2H])N(C/C=C/C(=O)Nc1cc2c(Nc3ccc(OCc4ccccn4)c(Cl)c3)ncnc2cc1NC(C)=O)C([2H])([2H])[2H]. The predicted molar refractivity (Wildman–Crippen MR) is 153 cm³/mol. The van der Waals surface area contributed by atoms with Gasteiger partial charge >= 0.3 is 0 Å². The third-order valence-electron chi connectivity index (χ3n) is 5.20. The summed E-state index contributed by atoms with van der Waals surface area (Å²) in [5.74, 6) is -0.279. The van der Waals surface area contributed by atoms with Crippen LogP contribution in [0.25, 0.3) is 10.9 Å². The molecule has 10 nitrogen and oxygen atoms in total. The van der Waals surface area contributed by atoms with Gasteiger partial charge in [-0.25, -0.2) is 9.97 Å². The van der Waals surface area contributed by atoms with Crippen molar-refractivity contribution in [1.29, 1.82) is 0 Å². The van der Waals surface area contributed by atoms with Crippen LogP contribution in [0.2, 0.25) is 5.02 Å². The molecule has 0 aliphatic rings. The lowest BCUT2D eigenvalue weighted by molar-refractivity contribution is -0.114. The lowest BCUT2D eigenvalue weighted by Crippen LogP contribution is -2.15. The number of nitrogens with one attached hydrogen (secondary N) is 3. The van der Waals surface area contributed by atoms with E-state index in [9.17, 15) is 9.59 Å². The molecule has 2 aromatic carbocycles. The number of halogens is 1. The van der Waals surface area contributed by atoms with Crippen molar-refractivity contribution in [3.63, 3.8) is 0 Å². The molecule has 200 valence electrons. The number of rotatable bonds is 10. The van der Waals surface area contributed by atoms with Crippen LogP contribution >= 0.6 is 11.6 Å². The number of nitrogens with zero attached hydrogens (tertiary/aromatic N) is 4. The van der Waals surface area contributed by atoms with Gasteiger partial charge in [0.1, 0.15) is 24.5 Å². The highest BCUT2D eigenvalue weighted by Gasteiger charge is 2.14. The molecular formula is C28H28ClN7O3. The number of ether oxygens (including phenoxy) is 1. The zero-order valence-electron chi connectivity index (χ0n) is 26.7. The van der Waals surface area contributed by atoms with E-state index >= 15 is 0 Å². The number of amides is 2. The van der Waals surface area contributed by atoms with Gasteiger partial charge in [0.2, 0.25) is 11.8 Å². The van der Waals surface area contributed by atoms with Crippen molar-refractivity contribution < 1.29 is 22.6 Å². The molecule has 4 rings (SSSR count). The van der Waals surface area contributed by atoms with E-state index in [0.717, 1.165) is 17.8 Å². The molecule has 0 aliphatic carbocycles. The average Bonchev–Trinajstić information content (AvgIpc) is 2.94. The molecule has 39 heavy (non-hydrogen) atoms. The van der Waals surface area contributed by atoms with Gasteiger partial charge in [-0.1, -0.05) is 23.7 Å². The van der Waals surface area contributed by atoms with E-state index in [1.165, 1.54) is 13.3 Å². The molecule has 3 N–H and O–H groups in total. The van der Waals surface area contributed by atoms with Crippen molar-refractivity contribution in [3.05, 3.63) is 83.9 Å². The van der Waals surface area contributed by atoms with Crippen LogP contribution in [0.5, 0.6) is 5.75 Å². The summed E-state index contributed by atoms with van der Waals surface area (Å²) in [7, 11) is 0. The van der Waals surface area contributed by atoms with Crippen molar-refractivity contribution in [2.24, 2.45) is 0 Å². The van der Waals surface area contributed by atoms with Crippen molar-refractivity contribution in [1.82, 2.24) is 19.9 Å². The Morgan fingerprint density at radius 1 is 1.08 bits per heavy atom. The number of aromatic nitrogens is 3. The minimum atomic E-state index is -2.90. The van der Waals surface area contributed by atoms with Gasteiger partial charge in [0.05, 0.1) is 27.6 Å². The molecular weight excluding hydrogens is 518 g/mol. The zero-order chi connectivity index (χ0) is 32.8. The molecule has 0 bridgehead atoms. The molecule has 2 aromatic heterocycles. The number of pyridine rings is 1. The average molecular weight is 552 g/mol. The maximum Gasteiger partial charge on any atom is 0.248 e. The maximum atomic E-state index is 12.8. The van der Waals surface area contributed by atoms with Gasteiger partial charge in [0.25, 0.3) is 0 Å². The van der Waals surface area contributed by atoms with Gasteiger partial charge in [-0.3, -0.25) is 14.6 Å². The molecule has 0 saturated carbocycles. The van der Waals surface area contributed by atoms with Gasteiger partial charge < -0.3 is 25.6 Å². The van der Waals surface area contributed by atoms with E-state index in [2.05, 4.69) is 30.9 Å². The highest BCUT2D eigenvalue weighted by molar-refractivity contribution is 6.32. The summed E-state index contributed by atoms with van der Waals surface area (Å²) >= 11 is 6.47. The van der Waals surface area contributed by atoms with Crippen molar-refractivity contribution in [2.75, 3.05) is 36.4 Å². The second-order valence-corrected chi connectivity index (χ2v) is 8.61. The minimum Gasteiger partial charge on any atom is -0.486 e. The first kappa shape index (κ1) is 20.4. The Balaban J connectivity index is 1.56. The first-order chi connectivity index (χ1) is 21.2. The lowest BCUT2D eigenvalue weighted by atomic mass is 10.1. The number of hydrogen-bond donors (Lipinski definition) is 3. The van der Waals surface area contributed by atoms with Crippen molar-refractivity contribution in [2.45, 2.75) is 13.5 Å². The van der Waals surface area contributed by atoms with E-state index < -0.39 is 32.3 Å². The Morgan fingerprint density at radius 2 is 1.92 bits per heavy atom. The maximum absolute atomic E-state index is 12.8. The Kier molecular flexibility index (Phi) is 6.71. The summed E-state index contributed by atoms with van der Waals surface area (Å²) in [5, 5.41) is 9.27. The van der Waals surface area contributed by atoms with Crippen LogP contribution < -0.4 is 20.7 Å². The monoisotopic (exact) mass is 551 g/mol. The standard InChI is InChI=1S/C28H28ClN7O3/c1-18(37)33-25-15-23-21(14-24(25)35-27(38)8-6-12-36(2)3)28(32-17-31-23)34-19-9-10-26(22(29)13-19)39-16-20-7-4-5-11-30-20/h4-11,13-15,17H,12,16H2,1-3H3,(H,33,37)(H,35,38)(H,31,32,34)/b8-6+/i2D3,3D3. The summed E-state index contributed by atoms with van der Waals surface area (Å²) in [5.41, 5.74) is 2.19. The topological polar surface area (TPSA) is 121 Å². The van der Waals surface area contributed by atoms with E-state index in [1.54, 1.807) is 36.5 Å². The van der Waals surface area contributed by atoms with E-state index in [1.807, 2.05) is 18.2 Å². The second-order valence-electron chi connectivity index (χ2n) is 8.20. The molecule has 4 aromatic rings. The number of fused-ring (bicyclic) bond motifs is 1. The Morgan fingerprint density at radius 3 is 2.67 bits per heavy atom. The van der Waals surface area contributed by atoms with Gasteiger partial charge in [0.15, 0.2) is 0 Å². The fourth-order valence-corrected chi connectivity index (χ4v) is 3.74. The molecule has 0 spiro atoms. The second kappa shape index (κ2) is 12.8. The van der Waals surface area contributed by atoms with Gasteiger partial charge in [-0.2, -0.15) is 0 Å². The summed E-state index contributed by atoms with van der Waals surface area (Å²) in [6.07, 6.45) is 5.13. The number of carbonyl (C=O) groups is 2. The third kappa shape index (κ3) is 7.73. The number of likely N-dealkylation sites (N-methyl/N-ethyl adjacent to an activating group) is 1. The van der Waals surface area contributed by atoms with Crippen LogP contribution in [-0.2, 0) is 16.2 Å². The molecule has 0 fully saturated rings.